The number of nitrogens with zero attached hydrogens (tertiary/aromatic N) is 2. The summed E-state index contributed by atoms with van der Waals surface area (Å²) in [6.07, 6.45) is 2.27. The van der Waals surface area contributed by atoms with Gasteiger partial charge in [-0.3, -0.25) is 14.2 Å². The Kier molecular flexibility index (Phi) is 4.67. The van der Waals surface area contributed by atoms with Crippen molar-refractivity contribution in [2.75, 3.05) is 11.9 Å². The average molecular weight is 469 g/mol. The van der Waals surface area contributed by atoms with E-state index in [1.807, 2.05) is 43.4 Å². The Hall–Kier alpha value is -3.35. The normalized spacial score (nSPS) is 18.1. The fourth-order valence-corrected chi connectivity index (χ4v) is 7.28. The predicted molar refractivity (Wildman–Crippen MR) is 138 cm³/mol. The molecule has 0 saturated heterocycles. The Morgan fingerprint density at radius 1 is 1.03 bits per heavy atom. The van der Waals surface area contributed by atoms with Gasteiger partial charge in [-0.15, -0.1) is 17.9 Å². The van der Waals surface area contributed by atoms with Crippen LogP contribution in [0.1, 0.15) is 15.9 Å². The molecule has 2 heterocycles. The van der Waals surface area contributed by atoms with Crippen LogP contribution in [0.5, 0.6) is 0 Å². The van der Waals surface area contributed by atoms with Crippen molar-refractivity contribution < 1.29 is 4.79 Å². The van der Waals surface area contributed by atoms with Crippen LogP contribution >= 0.6 is 23.1 Å². The first-order valence-corrected chi connectivity index (χ1v) is 12.4. The zero-order valence-corrected chi connectivity index (χ0v) is 19.6. The van der Waals surface area contributed by atoms with Crippen molar-refractivity contribution in [2.45, 2.75) is 17.9 Å². The number of allylic oxidation sites excluding steroid dienone is 1. The molecule has 0 bridgehead atoms. The number of thioether (sulfide) groups is 1. The van der Waals surface area contributed by atoms with E-state index >= 15 is 0 Å². The Morgan fingerprint density at radius 3 is 2.64 bits per heavy atom. The summed E-state index contributed by atoms with van der Waals surface area (Å²) in [7, 11) is 2.00. The second-order valence-corrected chi connectivity index (χ2v) is 10.2. The first kappa shape index (κ1) is 20.3. The molecule has 0 unspecified atom stereocenters. The third-order valence-electron chi connectivity index (χ3n) is 6.27. The number of benzene rings is 3. The molecule has 6 rings (SSSR count). The van der Waals surface area contributed by atoms with Gasteiger partial charge in [-0.25, -0.2) is 0 Å². The number of hydrogen-bond donors (Lipinski definition) is 0. The van der Waals surface area contributed by atoms with E-state index in [4.69, 9.17) is 0 Å². The van der Waals surface area contributed by atoms with Crippen LogP contribution in [-0.2, 0) is 13.0 Å². The first-order valence-electron chi connectivity index (χ1n) is 10.7. The van der Waals surface area contributed by atoms with Gasteiger partial charge >= 0.3 is 0 Å². The summed E-state index contributed by atoms with van der Waals surface area (Å²) in [4.78, 5) is 30.0. The highest BCUT2D eigenvalue weighted by Crippen LogP contribution is 2.48. The molecule has 1 aliphatic heterocycles. The highest BCUT2D eigenvalue weighted by atomic mass is 32.2. The Bertz CT molecular complexity index is 1680. The number of anilines is 1. The molecule has 0 radical (unpaired) electrons. The quantitative estimate of drug-likeness (QED) is 0.415. The average Bonchev–Trinajstić information content (AvgIpc) is 3.46. The molecule has 2 aliphatic rings. The van der Waals surface area contributed by atoms with Gasteiger partial charge in [-0.2, -0.15) is 0 Å². The van der Waals surface area contributed by atoms with Crippen molar-refractivity contribution in [2.24, 2.45) is 0 Å². The van der Waals surface area contributed by atoms with Crippen LogP contribution in [0.3, 0.4) is 0 Å². The number of thiazole rings is 1. The molecule has 162 valence electrons. The smallest absolute Gasteiger partial charge is 0.272 e. The second kappa shape index (κ2) is 7.61. The standard InChI is InChI=1S/C27H20N2O2S2/c1-3-14-29-25(31)24(33-26(29)20-15-17-9-5-6-10-18(17)22(20)30)27-28(2)21-13-12-16-8-4-7-11-19(16)23(21)32-27/h3-13H,1,14-15H2,2H3. The van der Waals surface area contributed by atoms with Gasteiger partial charge in [0.25, 0.3) is 5.56 Å². The molecule has 1 aromatic heterocycles. The molecule has 6 heteroatoms. The van der Waals surface area contributed by atoms with Crippen molar-refractivity contribution in [3.05, 3.63) is 104 Å². The van der Waals surface area contributed by atoms with E-state index < -0.39 is 0 Å². The molecule has 0 fully saturated rings. The maximum absolute atomic E-state index is 13.6. The summed E-state index contributed by atoms with van der Waals surface area (Å²) in [6.45, 7) is 4.21. The third-order valence-corrected chi connectivity index (χ3v) is 8.94. The Balaban J connectivity index is 1.61. The SMILES string of the molecule is C=CCn1c(=C2Cc3ccccc3C2=O)sc(=C2Sc3c(ccc4ccccc34)N2C)c1=O. The van der Waals surface area contributed by atoms with E-state index in [1.54, 1.807) is 22.4 Å². The van der Waals surface area contributed by atoms with E-state index in [1.165, 1.54) is 22.1 Å². The van der Waals surface area contributed by atoms with Crippen molar-refractivity contribution in [1.29, 1.82) is 0 Å². The molecule has 0 N–H and O–H groups in total. The maximum Gasteiger partial charge on any atom is 0.272 e. The van der Waals surface area contributed by atoms with Gasteiger partial charge in [0.05, 0.1) is 5.69 Å². The maximum atomic E-state index is 13.6. The molecular weight excluding hydrogens is 448 g/mol. The number of carbonyl (C=O) groups is 1. The summed E-state index contributed by atoms with van der Waals surface area (Å²) in [5.41, 5.74) is 3.47. The number of Topliss-reactive ketones (excluding diaryl/α,β-unsaturated/α-hetero) is 1. The molecule has 33 heavy (non-hydrogen) atoms. The van der Waals surface area contributed by atoms with E-state index in [0.29, 0.717) is 23.1 Å². The fourth-order valence-electron chi connectivity index (χ4n) is 4.64. The molecule has 0 saturated carbocycles. The summed E-state index contributed by atoms with van der Waals surface area (Å²) < 4.78 is 3.10. The number of aromatic nitrogens is 1. The summed E-state index contributed by atoms with van der Waals surface area (Å²) in [5.74, 6) is 0.0166. The lowest BCUT2D eigenvalue weighted by Crippen LogP contribution is -2.34. The van der Waals surface area contributed by atoms with E-state index in [2.05, 4.69) is 35.7 Å². The van der Waals surface area contributed by atoms with Crippen molar-refractivity contribution in [3.8, 4) is 0 Å². The minimum absolute atomic E-state index is 0.0166. The van der Waals surface area contributed by atoms with Crippen LogP contribution < -0.4 is 19.7 Å². The first-order chi connectivity index (χ1) is 16.1. The summed E-state index contributed by atoms with van der Waals surface area (Å²) in [6, 6.07) is 20.2. The number of carbonyl (C=O) groups excluding carboxylic acids is 1. The third kappa shape index (κ3) is 2.98. The van der Waals surface area contributed by atoms with Gasteiger partial charge in [-0.05, 0) is 22.4 Å². The zero-order chi connectivity index (χ0) is 22.7. The number of hydrogen-bond acceptors (Lipinski definition) is 5. The molecular formula is C27H20N2O2S2. The van der Waals surface area contributed by atoms with E-state index in [9.17, 15) is 9.59 Å². The van der Waals surface area contributed by atoms with Gasteiger partial charge in [0.2, 0.25) is 0 Å². The zero-order valence-electron chi connectivity index (χ0n) is 18.0. The van der Waals surface area contributed by atoms with Crippen molar-refractivity contribution >= 4 is 55.9 Å². The van der Waals surface area contributed by atoms with Gasteiger partial charge < -0.3 is 4.90 Å². The number of ketones is 1. The summed E-state index contributed by atoms with van der Waals surface area (Å²) in [5, 5.41) is 3.27. The minimum Gasteiger partial charge on any atom is -0.337 e. The molecule has 0 amide bonds. The highest BCUT2D eigenvalue weighted by Gasteiger charge is 2.29. The van der Waals surface area contributed by atoms with Crippen LogP contribution in [0.4, 0.5) is 5.69 Å². The van der Waals surface area contributed by atoms with Crippen LogP contribution in [0.25, 0.3) is 21.4 Å². The van der Waals surface area contributed by atoms with Gasteiger partial charge in [-0.1, -0.05) is 72.4 Å². The van der Waals surface area contributed by atoms with Crippen LogP contribution in [-0.4, -0.2) is 17.4 Å². The lowest BCUT2D eigenvalue weighted by molar-refractivity contribution is 0.105. The lowest BCUT2D eigenvalue weighted by atomic mass is 10.1. The van der Waals surface area contributed by atoms with Crippen LogP contribution in [0.2, 0.25) is 0 Å². The van der Waals surface area contributed by atoms with Gasteiger partial charge in [0, 0.05) is 36.0 Å². The molecule has 4 aromatic rings. The van der Waals surface area contributed by atoms with Gasteiger partial charge in [0.15, 0.2) is 5.78 Å². The molecule has 1 aliphatic carbocycles. The largest absolute Gasteiger partial charge is 0.337 e. The fraction of sp³-hybridized carbons (Fsp3) is 0.111. The van der Waals surface area contributed by atoms with Gasteiger partial charge in [0.1, 0.15) is 14.2 Å². The van der Waals surface area contributed by atoms with Crippen LogP contribution in [0, 0.1) is 0 Å². The minimum atomic E-state index is -0.0717. The molecule has 0 spiro atoms. The topological polar surface area (TPSA) is 42.3 Å². The second-order valence-electron chi connectivity index (χ2n) is 8.18. The number of fused-ring (bicyclic) bond motifs is 4. The Morgan fingerprint density at radius 2 is 1.82 bits per heavy atom. The highest BCUT2D eigenvalue weighted by molar-refractivity contribution is 8.09. The lowest BCUT2D eigenvalue weighted by Gasteiger charge is -2.12. The number of rotatable bonds is 2. The van der Waals surface area contributed by atoms with E-state index in [0.717, 1.165) is 31.4 Å². The van der Waals surface area contributed by atoms with E-state index in [-0.39, 0.29) is 11.3 Å². The molecule has 4 nitrogen and oxygen atoms in total. The predicted octanol–water partition coefficient (Wildman–Crippen LogP) is 4.15. The monoisotopic (exact) mass is 468 g/mol. The Labute approximate surface area is 198 Å². The van der Waals surface area contributed by atoms with Crippen molar-refractivity contribution in [1.82, 2.24) is 4.57 Å². The summed E-state index contributed by atoms with van der Waals surface area (Å²) >= 11 is 3.05. The molecule has 3 aromatic carbocycles. The molecule has 0 atom stereocenters. The van der Waals surface area contributed by atoms with Crippen molar-refractivity contribution in [3.63, 3.8) is 0 Å². The van der Waals surface area contributed by atoms with Crippen LogP contribution in [0.15, 0.2) is 83.0 Å².